The topological polar surface area (TPSA) is 29.5 Å². The number of rotatable bonds is 6. The number of aromatic hydroxyl groups is 1. The normalized spacial score (nSPS) is 10.4. The van der Waals surface area contributed by atoms with Crippen LogP contribution in [-0.2, 0) is 0 Å². The maximum absolute atomic E-state index is 9.20. The third-order valence-electron chi connectivity index (χ3n) is 2.52. The van der Waals surface area contributed by atoms with E-state index in [0.29, 0.717) is 5.75 Å². The molecule has 0 spiro atoms. The Morgan fingerprint density at radius 2 is 1.32 bits per heavy atom. The maximum Gasteiger partial charge on any atom is 0.118 e. The summed E-state index contributed by atoms with van der Waals surface area (Å²) < 4.78 is 5.13. The average Bonchev–Trinajstić information content (AvgIpc) is 2.46. The SMILES string of the molecule is COc1ccc(SCCSc2ccc(O)cc2)cc1. The van der Waals surface area contributed by atoms with Crippen LogP contribution in [0.5, 0.6) is 11.5 Å². The van der Waals surface area contributed by atoms with Gasteiger partial charge in [-0.05, 0) is 48.5 Å². The number of thioether (sulfide) groups is 2. The molecule has 0 bridgehead atoms. The first-order valence-electron chi connectivity index (χ1n) is 5.96. The molecule has 4 heteroatoms. The van der Waals surface area contributed by atoms with Gasteiger partial charge in [0.15, 0.2) is 0 Å². The van der Waals surface area contributed by atoms with E-state index in [-0.39, 0.29) is 0 Å². The van der Waals surface area contributed by atoms with Crippen LogP contribution in [0.1, 0.15) is 0 Å². The molecule has 2 aromatic rings. The van der Waals surface area contributed by atoms with Gasteiger partial charge >= 0.3 is 0 Å². The van der Waals surface area contributed by atoms with Crippen molar-refractivity contribution < 1.29 is 9.84 Å². The summed E-state index contributed by atoms with van der Waals surface area (Å²) in [5, 5.41) is 9.20. The molecule has 2 nitrogen and oxygen atoms in total. The standard InChI is InChI=1S/C15H16O2S2/c1-17-13-4-8-15(9-5-13)19-11-10-18-14-6-2-12(16)3-7-14/h2-9,16H,10-11H2,1H3. The Morgan fingerprint density at radius 3 is 1.79 bits per heavy atom. The van der Waals surface area contributed by atoms with Gasteiger partial charge in [-0.25, -0.2) is 0 Å². The fourth-order valence-corrected chi connectivity index (χ4v) is 3.33. The van der Waals surface area contributed by atoms with Crippen molar-refractivity contribution in [3.05, 3.63) is 48.5 Å². The second kappa shape index (κ2) is 7.36. The highest BCUT2D eigenvalue weighted by molar-refractivity contribution is 8.03. The lowest BCUT2D eigenvalue weighted by atomic mass is 10.3. The zero-order valence-electron chi connectivity index (χ0n) is 10.7. The summed E-state index contributed by atoms with van der Waals surface area (Å²) in [5.41, 5.74) is 0. The molecular weight excluding hydrogens is 276 g/mol. The van der Waals surface area contributed by atoms with Crippen LogP contribution in [0.3, 0.4) is 0 Å². The fourth-order valence-electron chi connectivity index (χ4n) is 1.53. The predicted octanol–water partition coefficient (Wildman–Crippen LogP) is 4.29. The van der Waals surface area contributed by atoms with Crippen LogP contribution >= 0.6 is 23.5 Å². The van der Waals surface area contributed by atoms with E-state index in [2.05, 4.69) is 12.1 Å². The van der Waals surface area contributed by atoms with Crippen LogP contribution in [0, 0.1) is 0 Å². The van der Waals surface area contributed by atoms with Gasteiger partial charge in [0.25, 0.3) is 0 Å². The van der Waals surface area contributed by atoms with Crippen LogP contribution in [0.4, 0.5) is 0 Å². The number of phenols is 1. The van der Waals surface area contributed by atoms with Crippen LogP contribution < -0.4 is 4.74 Å². The van der Waals surface area contributed by atoms with E-state index >= 15 is 0 Å². The minimum atomic E-state index is 0.317. The second-order valence-corrected chi connectivity index (χ2v) is 6.20. The monoisotopic (exact) mass is 292 g/mol. The van der Waals surface area contributed by atoms with Crippen molar-refractivity contribution in [3.8, 4) is 11.5 Å². The maximum atomic E-state index is 9.20. The summed E-state index contributed by atoms with van der Waals surface area (Å²) in [6.45, 7) is 0. The van der Waals surface area contributed by atoms with Gasteiger partial charge in [0.2, 0.25) is 0 Å². The van der Waals surface area contributed by atoms with E-state index in [1.54, 1.807) is 31.0 Å². The van der Waals surface area contributed by atoms with Crippen molar-refractivity contribution in [2.75, 3.05) is 18.6 Å². The Bertz CT molecular complexity index is 495. The van der Waals surface area contributed by atoms with Gasteiger partial charge in [0, 0.05) is 21.3 Å². The highest BCUT2D eigenvalue weighted by Gasteiger charge is 1.97. The van der Waals surface area contributed by atoms with Gasteiger partial charge in [0.1, 0.15) is 11.5 Å². The first-order valence-corrected chi connectivity index (χ1v) is 7.94. The van der Waals surface area contributed by atoms with Crippen LogP contribution in [0.2, 0.25) is 0 Å². The van der Waals surface area contributed by atoms with Gasteiger partial charge in [-0.3, -0.25) is 0 Å². The molecule has 19 heavy (non-hydrogen) atoms. The molecule has 0 fully saturated rings. The first-order chi connectivity index (χ1) is 9.28. The molecule has 0 heterocycles. The Balaban J connectivity index is 1.72. The summed E-state index contributed by atoms with van der Waals surface area (Å²) in [7, 11) is 1.68. The molecule has 0 aliphatic rings. The van der Waals surface area contributed by atoms with Gasteiger partial charge in [-0.15, -0.1) is 23.5 Å². The molecular formula is C15H16O2S2. The average molecular weight is 292 g/mol. The van der Waals surface area contributed by atoms with Crippen molar-refractivity contribution >= 4 is 23.5 Å². The van der Waals surface area contributed by atoms with Gasteiger partial charge in [-0.2, -0.15) is 0 Å². The minimum Gasteiger partial charge on any atom is -0.508 e. The molecule has 0 aliphatic carbocycles. The number of methoxy groups -OCH3 is 1. The fraction of sp³-hybridized carbons (Fsp3) is 0.200. The van der Waals surface area contributed by atoms with E-state index in [1.807, 2.05) is 36.0 Å². The highest BCUT2D eigenvalue weighted by atomic mass is 32.2. The van der Waals surface area contributed by atoms with Gasteiger partial charge in [-0.1, -0.05) is 0 Å². The minimum absolute atomic E-state index is 0.317. The number of hydrogen-bond acceptors (Lipinski definition) is 4. The smallest absolute Gasteiger partial charge is 0.118 e. The summed E-state index contributed by atoms with van der Waals surface area (Å²) >= 11 is 3.64. The molecule has 2 aromatic carbocycles. The van der Waals surface area contributed by atoms with Crippen molar-refractivity contribution in [1.82, 2.24) is 0 Å². The third kappa shape index (κ3) is 4.73. The summed E-state index contributed by atoms with van der Waals surface area (Å²) in [6.07, 6.45) is 0. The van der Waals surface area contributed by atoms with E-state index in [1.165, 1.54) is 9.79 Å². The van der Waals surface area contributed by atoms with Crippen molar-refractivity contribution in [1.29, 1.82) is 0 Å². The molecule has 0 aromatic heterocycles. The summed E-state index contributed by atoms with van der Waals surface area (Å²) in [4.78, 5) is 2.44. The van der Waals surface area contributed by atoms with Gasteiger partial charge < -0.3 is 9.84 Å². The third-order valence-corrected chi connectivity index (χ3v) is 4.80. The van der Waals surface area contributed by atoms with E-state index in [4.69, 9.17) is 4.74 Å². The molecule has 1 N–H and O–H groups in total. The van der Waals surface area contributed by atoms with Crippen molar-refractivity contribution in [3.63, 3.8) is 0 Å². The largest absolute Gasteiger partial charge is 0.508 e. The van der Waals surface area contributed by atoms with Crippen LogP contribution in [-0.4, -0.2) is 23.7 Å². The number of hydrogen-bond donors (Lipinski definition) is 1. The molecule has 0 unspecified atom stereocenters. The van der Waals surface area contributed by atoms with E-state index < -0.39 is 0 Å². The molecule has 0 saturated heterocycles. The second-order valence-electron chi connectivity index (χ2n) is 3.87. The molecule has 0 saturated carbocycles. The van der Waals surface area contributed by atoms with Gasteiger partial charge in [0.05, 0.1) is 7.11 Å². The molecule has 0 aliphatic heterocycles. The predicted molar refractivity (Wildman–Crippen MR) is 82.5 cm³/mol. The number of benzene rings is 2. The number of phenolic OH excluding ortho intramolecular Hbond substituents is 1. The molecule has 2 rings (SSSR count). The van der Waals surface area contributed by atoms with Crippen molar-refractivity contribution in [2.24, 2.45) is 0 Å². The first kappa shape index (κ1) is 14.2. The Morgan fingerprint density at radius 1 is 0.842 bits per heavy atom. The zero-order chi connectivity index (χ0) is 13.5. The quantitative estimate of drug-likeness (QED) is 0.635. The Kier molecular flexibility index (Phi) is 5.48. The lowest BCUT2D eigenvalue weighted by Crippen LogP contribution is -1.85. The lowest BCUT2D eigenvalue weighted by Gasteiger charge is -2.04. The molecule has 0 radical (unpaired) electrons. The van der Waals surface area contributed by atoms with Crippen molar-refractivity contribution in [2.45, 2.75) is 9.79 Å². The Labute approximate surface area is 122 Å². The summed E-state index contributed by atoms with van der Waals surface area (Å²) in [6, 6.07) is 15.4. The van der Waals surface area contributed by atoms with E-state index in [9.17, 15) is 5.11 Å². The number of ether oxygens (including phenoxy) is 1. The highest BCUT2D eigenvalue weighted by Crippen LogP contribution is 2.25. The van der Waals surface area contributed by atoms with Crippen LogP contribution in [0.15, 0.2) is 58.3 Å². The Hall–Kier alpha value is -1.26. The van der Waals surface area contributed by atoms with E-state index in [0.717, 1.165) is 17.3 Å². The zero-order valence-corrected chi connectivity index (χ0v) is 12.3. The molecule has 0 amide bonds. The van der Waals surface area contributed by atoms with Crippen LogP contribution in [0.25, 0.3) is 0 Å². The summed E-state index contributed by atoms with van der Waals surface area (Å²) in [5.74, 6) is 3.30. The molecule has 0 atom stereocenters. The molecule has 100 valence electrons. The lowest BCUT2D eigenvalue weighted by molar-refractivity contribution is 0.414.